The first-order valence-electron chi connectivity index (χ1n) is 8.53. The third-order valence-corrected chi connectivity index (χ3v) is 4.07. The Morgan fingerprint density at radius 2 is 2.04 bits per heavy atom. The summed E-state index contributed by atoms with van der Waals surface area (Å²) in [6.07, 6.45) is 9.43. The maximum absolute atomic E-state index is 11.6. The number of carbonyl (C=O) groups excluding carboxylic acids is 1. The van der Waals surface area contributed by atoms with Crippen molar-refractivity contribution in [3.05, 3.63) is 72.4 Å². The zero-order valence-electron chi connectivity index (χ0n) is 15.2. The number of nitrogens with zero attached hydrogens (tertiary/aromatic N) is 1. The van der Waals surface area contributed by atoms with Crippen LogP contribution in [0.25, 0.3) is 0 Å². The number of benzene rings is 1. The van der Waals surface area contributed by atoms with Crippen LogP contribution in [0.4, 0.5) is 0 Å². The molecule has 0 fully saturated rings. The summed E-state index contributed by atoms with van der Waals surface area (Å²) < 4.78 is 0. The lowest BCUT2D eigenvalue weighted by Gasteiger charge is -2.29. The molecule has 0 unspecified atom stereocenters. The molecule has 130 valence electrons. The van der Waals surface area contributed by atoms with Gasteiger partial charge >= 0.3 is 0 Å². The number of hydrogen-bond donors (Lipinski definition) is 1. The lowest BCUT2D eigenvalue weighted by Crippen LogP contribution is -2.35. The third-order valence-electron chi connectivity index (χ3n) is 4.07. The second-order valence-corrected chi connectivity index (χ2v) is 5.92. The quantitative estimate of drug-likeness (QED) is 0.657. The third kappa shape index (κ3) is 7.42. The molecule has 0 bridgehead atoms. The molecule has 0 spiro atoms. The van der Waals surface area contributed by atoms with Gasteiger partial charge in [0, 0.05) is 32.6 Å². The second-order valence-electron chi connectivity index (χ2n) is 5.92. The van der Waals surface area contributed by atoms with Gasteiger partial charge in [-0.2, -0.15) is 0 Å². The lowest BCUT2D eigenvalue weighted by molar-refractivity contribution is -0.120. The van der Waals surface area contributed by atoms with E-state index in [0.29, 0.717) is 12.5 Å². The summed E-state index contributed by atoms with van der Waals surface area (Å²) in [5.74, 6) is 0.0925. The van der Waals surface area contributed by atoms with Crippen LogP contribution in [-0.4, -0.2) is 30.4 Å². The van der Waals surface area contributed by atoms with Gasteiger partial charge in [-0.3, -0.25) is 9.69 Å². The Bertz CT molecular complexity index is 560. The van der Waals surface area contributed by atoms with Crippen molar-refractivity contribution in [2.24, 2.45) is 0 Å². The minimum Gasteiger partial charge on any atom is -0.359 e. The Kier molecular flexibility index (Phi) is 9.47. The number of allylic oxidation sites excluding steroid dienone is 3. The minimum atomic E-state index is 0.0925. The van der Waals surface area contributed by atoms with Gasteiger partial charge in [0.05, 0.1) is 0 Å². The maximum Gasteiger partial charge on any atom is 0.219 e. The van der Waals surface area contributed by atoms with Crippen LogP contribution >= 0.6 is 0 Å². The summed E-state index contributed by atoms with van der Waals surface area (Å²) in [7, 11) is 1.68. The predicted molar refractivity (Wildman–Crippen MR) is 103 cm³/mol. The Morgan fingerprint density at radius 1 is 1.33 bits per heavy atom. The maximum atomic E-state index is 11.6. The van der Waals surface area contributed by atoms with E-state index in [9.17, 15) is 4.79 Å². The fourth-order valence-corrected chi connectivity index (χ4v) is 2.47. The van der Waals surface area contributed by atoms with Crippen LogP contribution < -0.4 is 5.32 Å². The van der Waals surface area contributed by atoms with Crippen LogP contribution in [0.3, 0.4) is 0 Å². The zero-order valence-corrected chi connectivity index (χ0v) is 15.2. The second kappa shape index (κ2) is 11.4. The fraction of sp³-hybridized carbons (Fsp3) is 0.381. The molecule has 0 heterocycles. The monoisotopic (exact) mass is 326 g/mol. The summed E-state index contributed by atoms with van der Waals surface area (Å²) >= 11 is 0. The molecule has 1 aromatic rings. The van der Waals surface area contributed by atoms with E-state index in [2.05, 4.69) is 54.1 Å². The van der Waals surface area contributed by atoms with Crippen molar-refractivity contribution in [1.29, 1.82) is 0 Å². The molecule has 1 atom stereocenters. The van der Waals surface area contributed by atoms with Gasteiger partial charge < -0.3 is 5.32 Å². The SMILES string of the molecule is C=C/C(=C\C=C/C)CN(Cc1ccccc1)[C@H](C)CCC(=O)NC. The number of hydrogen-bond acceptors (Lipinski definition) is 2. The molecule has 0 aliphatic heterocycles. The number of nitrogens with one attached hydrogen (secondary N) is 1. The molecule has 1 amide bonds. The number of rotatable bonds is 10. The normalized spacial score (nSPS) is 13.2. The van der Waals surface area contributed by atoms with Crippen molar-refractivity contribution in [3.8, 4) is 0 Å². The highest BCUT2D eigenvalue weighted by atomic mass is 16.1. The molecule has 0 radical (unpaired) electrons. The van der Waals surface area contributed by atoms with E-state index < -0.39 is 0 Å². The molecule has 0 saturated heterocycles. The molecule has 3 heteroatoms. The Hall–Kier alpha value is -2.13. The minimum absolute atomic E-state index is 0.0925. The molecule has 0 aliphatic rings. The van der Waals surface area contributed by atoms with Crippen LogP contribution in [-0.2, 0) is 11.3 Å². The molecule has 1 aromatic carbocycles. The molecule has 24 heavy (non-hydrogen) atoms. The van der Waals surface area contributed by atoms with Crippen LogP contribution in [0.15, 0.2) is 66.8 Å². The van der Waals surface area contributed by atoms with E-state index in [1.165, 1.54) is 11.1 Å². The lowest BCUT2D eigenvalue weighted by atomic mass is 10.1. The molecule has 0 saturated carbocycles. The molecule has 0 aromatic heterocycles. The zero-order chi connectivity index (χ0) is 17.8. The van der Waals surface area contributed by atoms with Gasteiger partial charge in [0.2, 0.25) is 5.91 Å². The van der Waals surface area contributed by atoms with Gasteiger partial charge in [0.15, 0.2) is 0 Å². The average Bonchev–Trinajstić information content (AvgIpc) is 2.62. The van der Waals surface area contributed by atoms with E-state index in [-0.39, 0.29) is 5.91 Å². The van der Waals surface area contributed by atoms with Crippen molar-refractivity contribution in [2.75, 3.05) is 13.6 Å². The number of amides is 1. The smallest absolute Gasteiger partial charge is 0.219 e. The summed E-state index contributed by atoms with van der Waals surface area (Å²) in [6, 6.07) is 10.7. The van der Waals surface area contributed by atoms with Crippen molar-refractivity contribution in [1.82, 2.24) is 10.2 Å². The summed E-state index contributed by atoms with van der Waals surface area (Å²) in [5, 5.41) is 2.69. The van der Waals surface area contributed by atoms with E-state index in [1.807, 2.05) is 31.2 Å². The standard InChI is InChI=1S/C21H30N2O/c1-5-7-11-19(6-2)16-23(17-20-12-9-8-10-13-20)18(3)14-15-21(24)22-4/h5-13,18H,2,14-17H2,1,3-4H3,(H,22,24)/b7-5-,19-11+/t18-/m1/s1. The molecule has 0 aliphatic carbocycles. The van der Waals surface area contributed by atoms with Gasteiger partial charge in [0.25, 0.3) is 0 Å². The predicted octanol–water partition coefficient (Wildman–Crippen LogP) is 4.09. The molecular formula is C21H30N2O. The molecule has 1 rings (SSSR count). The van der Waals surface area contributed by atoms with Gasteiger partial charge in [-0.15, -0.1) is 0 Å². The summed E-state index contributed by atoms with van der Waals surface area (Å²) in [6.45, 7) is 9.79. The van der Waals surface area contributed by atoms with E-state index in [4.69, 9.17) is 0 Å². The molecule has 3 nitrogen and oxygen atoms in total. The van der Waals surface area contributed by atoms with Crippen LogP contribution in [0.1, 0.15) is 32.3 Å². The Morgan fingerprint density at radius 3 is 2.62 bits per heavy atom. The Balaban J connectivity index is 2.84. The van der Waals surface area contributed by atoms with E-state index in [0.717, 1.165) is 19.5 Å². The highest BCUT2D eigenvalue weighted by Crippen LogP contribution is 2.15. The summed E-state index contributed by atoms with van der Waals surface area (Å²) in [4.78, 5) is 13.9. The summed E-state index contributed by atoms with van der Waals surface area (Å²) in [5.41, 5.74) is 2.45. The Labute approximate surface area is 146 Å². The van der Waals surface area contributed by atoms with Crippen molar-refractivity contribution < 1.29 is 4.79 Å². The fourth-order valence-electron chi connectivity index (χ4n) is 2.47. The van der Waals surface area contributed by atoms with E-state index >= 15 is 0 Å². The van der Waals surface area contributed by atoms with Gasteiger partial charge in [-0.25, -0.2) is 0 Å². The average molecular weight is 326 g/mol. The highest BCUT2D eigenvalue weighted by Gasteiger charge is 2.16. The van der Waals surface area contributed by atoms with Crippen LogP contribution in [0, 0.1) is 0 Å². The van der Waals surface area contributed by atoms with Crippen molar-refractivity contribution >= 4 is 5.91 Å². The van der Waals surface area contributed by atoms with Gasteiger partial charge in [0.1, 0.15) is 0 Å². The first-order chi connectivity index (χ1) is 11.6. The van der Waals surface area contributed by atoms with Crippen molar-refractivity contribution in [3.63, 3.8) is 0 Å². The van der Waals surface area contributed by atoms with Gasteiger partial charge in [-0.05, 0) is 31.4 Å². The first kappa shape index (κ1) is 19.9. The largest absolute Gasteiger partial charge is 0.359 e. The molecular weight excluding hydrogens is 296 g/mol. The highest BCUT2D eigenvalue weighted by molar-refractivity contribution is 5.75. The van der Waals surface area contributed by atoms with E-state index in [1.54, 1.807) is 7.05 Å². The van der Waals surface area contributed by atoms with Crippen LogP contribution in [0.5, 0.6) is 0 Å². The number of carbonyl (C=O) groups is 1. The van der Waals surface area contributed by atoms with Crippen LogP contribution in [0.2, 0.25) is 0 Å². The first-order valence-corrected chi connectivity index (χ1v) is 8.53. The van der Waals surface area contributed by atoms with Crippen molar-refractivity contribution in [2.45, 2.75) is 39.3 Å². The topological polar surface area (TPSA) is 32.3 Å². The molecule has 1 N–H and O–H groups in total. The van der Waals surface area contributed by atoms with Gasteiger partial charge in [-0.1, -0.05) is 61.2 Å².